The minimum Gasteiger partial charge on any atom is -0.376 e. The lowest BCUT2D eigenvalue weighted by Crippen LogP contribution is -2.35. The lowest BCUT2D eigenvalue weighted by molar-refractivity contribution is 0.0609. The largest absolute Gasteiger partial charge is 0.376 e. The molecule has 2 heterocycles. The molecule has 0 aromatic carbocycles. The Morgan fingerprint density at radius 1 is 1.56 bits per heavy atom. The molecule has 2 nitrogen and oxygen atoms in total. The third-order valence-corrected chi connectivity index (χ3v) is 4.92. The molecular weight excluding hydrogens is 289 g/mol. The average Bonchev–Trinajstić information content (AvgIpc) is 2.87. The summed E-state index contributed by atoms with van der Waals surface area (Å²) in [5.41, 5.74) is 1.08. The molecule has 0 radical (unpaired) electrons. The van der Waals surface area contributed by atoms with Gasteiger partial charge in [0.05, 0.1) is 20.8 Å². The van der Waals surface area contributed by atoms with E-state index in [1.165, 1.54) is 11.3 Å². The first-order valence-corrected chi connectivity index (χ1v) is 8.00. The van der Waals surface area contributed by atoms with Crippen LogP contribution in [0.25, 0.3) is 0 Å². The van der Waals surface area contributed by atoms with Gasteiger partial charge in [-0.15, -0.1) is 11.3 Å². The lowest BCUT2D eigenvalue weighted by atomic mass is 9.94. The highest BCUT2D eigenvalue weighted by Gasteiger charge is 2.34. The number of hydrogen-bond donors (Lipinski definition) is 1. The summed E-state index contributed by atoms with van der Waals surface area (Å²) >= 11 is 13.8. The van der Waals surface area contributed by atoms with E-state index in [2.05, 4.69) is 19.2 Å². The van der Waals surface area contributed by atoms with Crippen LogP contribution in [0.1, 0.15) is 38.3 Å². The highest BCUT2D eigenvalue weighted by atomic mass is 35.5. The molecule has 1 aliphatic rings. The molecule has 1 saturated heterocycles. The van der Waals surface area contributed by atoms with Crippen LogP contribution in [0.3, 0.4) is 0 Å². The smallest absolute Gasteiger partial charge is 0.0992 e. The van der Waals surface area contributed by atoms with Crippen molar-refractivity contribution in [1.82, 2.24) is 5.32 Å². The second-order valence-electron chi connectivity index (χ2n) is 4.81. The number of ether oxygens (including phenoxy) is 1. The Balaban J connectivity index is 2.21. The van der Waals surface area contributed by atoms with Gasteiger partial charge in [-0.25, -0.2) is 0 Å². The summed E-state index contributed by atoms with van der Waals surface area (Å²) in [6.07, 6.45) is 2.40. The predicted octanol–water partition coefficient (Wildman–Crippen LogP) is 4.52. The molecule has 0 bridgehead atoms. The Labute approximate surface area is 123 Å². The predicted molar refractivity (Wildman–Crippen MR) is 78.9 cm³/mol. The zero-order chi connectivity index (χ0) is 13.1. The van der Waals surface area contributed by atoms with Crippen molar-refractivity contribution in [3.63, 3.8) is 0 Å². The number of thiophene rings is 1. The van der Waals surface area contributed by atoms with Crippen LogP contribution in [-0.4, -0.2) is 19.3 Å². The molecule has 2 rings (SSSR count). The highest BCUT2D eigenvalue weighted by molar-refractivity contribution is 7.20. The van der Waals surface area contributed by atoms with E-state index in [1.807, 2.05) is 6.07 Å². The van der Waals surface area contributed by atoms with Crippen molar-refractivity contribution in [2.75, 3.05) is 13.2 Å². The fourth-order valence-electron chi connectivity index (χ4n) is 2.41. The average molecular weight is 308 g/mol. The Kier molecular flexibility index (Phi) is 5.34. The molecule has 1 fully saturated rings. The first-order chi connectivity index (χ1) is 8.63. The summed E-state index contributed by atoms with van der Waals surface area (Å²) in [6, 6.07) is 2.12. The van der Waals surface area contributed by atoms with E-state index in [4.69, 9.17) is 27.9 Å². The van der Waals surface area contributed by atoms with Crippen LogP contribution in [0.15, 0.2) is 6.07 Å². The molecule has 3 atom stereocenters. The molecule has 1 aliphatic heterocycles. The van der Waals surface area contributed by atoms with Crippen molar-refractivity contribution >= 4 is 34.5 Å². The molecule has 0 spiro atoms. The van der Waals surface area contributed by atoms with Gasteiger partial charge >= 0.3 is 0 Å². The third-order valence-electron chi connectivity index (χ3n) is 3.41. The molecule has 1 aromatic heterocycles. The first kappa shape index (κ1) is 14.6. The van der Waals surface area contributed by atoms with E-state index >= 15 is 0 Å². The summed E-state index contributed by atoms with van der Waals surface area (Å²) in [6.45, 7) is 6.19. The van der Waals surface area contributed by atoms with Crippen molar-refractivity contribution in [2.45, 2.75) is 38.8 Å². The second kappa shape index (κ2) is 6.58. The van der Waals surface area contributed by atoms with Crippen molar-refractivity contribution < 1.29 is 4.74 Å². The Bertz CT molecular complexity index is 396. The van der Waals surface area contributed by atoms with Gasteiger partial charge in [-0.2, -0.15) is 0 Å². The summed E-state index contributed by atoms with van der Waals surface area (Å²) in [5, 5.41) is 3.55. The van der Waals surface area contributed by atoms with Crippen LogP contribution in [-0.2, 0) is 4.74 Å². The molecule has 5 heteroatoms. The number of halogens is 2. The van der Waals surface area contributed by atoms with Gasteiger partial charge in [0.1, 0.15) is 0 Å². The molecule has 1 aromatic rings. The fraction of sp³-hybridized carbons (Fsp3) is 0.692. The van der Waals surface area contributed by atoms with Gasteiger partial charge in [0.15, 0.2) is 0 Å². The van der Waals surface area contributed by atoms with Crippen LogP contribution in [0, 0.1) is 5.92 Å². The van der Waals surface area contributed by atoms with E-state index in [1.54, 1.807) is 0 Å². The second-order valence-corrected chi connectivity index (χ2v) is 7.10. The number of hydrogen-bond acceptors (Lipinski definition) is 3. The van der Waals surface area contributed by atoms with Gasteiger partial charge in [-0.1, -0.05) is 37.0 Å². The van der Waals surface area contributed by atoms with Gasteiger partial charge in [-0.05, 0) is 31.4 Å². The van der Waals surface area contributed by atoms with Crippen LogP contribution in [0.2, 0.25) is 8.67 Å². The summed E-state index contributed by atoms with van der Waals surface area (Å²) in [5.74, 6) is 0.550. The van der Waals surface area contributed by atoms with Gasteiger partial charge in [0.2, 0.25) is 0 Å². The van der Waals surface area contributed by atoms with Crippen LogP contribution in [0.5, 0.6) is 0 Å². The third kappa shape index (κ3) is 3.20. The Morgan fingerprint density at radius 3 is 2.83 bits per heavy atom. The SMILES string of the molecule is CCCNC(c1cc(Cl)sc1Cl)C1OCCC1C. The maximum absolute atomic E-state index is 6.28. The molecule has 1 N–H and O–H groups in total. The molecule has 102 valence electrons. The van der Waals surface area contributed by atoms with E-state index in [9.17, 15) is 0 Å². The Morgan fingerprint density at radius 2 is 2.33 bits per heavy atom. The van der Waals surface area contributed by atoms with Gasteiger partial charge in [0, 0.05) is 12.2 Å². The normalized spacial score (nSPS) is 25.6. The van der Waals surface area contributed by atoms with Crippen molar-refractivity contribution in [1.29, 1.82) is 0 Å². The molecule has 0 amide bonds. The van der Waals surface area contributed by atoms with Crippen molar-refractivity contribution in [3.8, 4) is 0 Å². The van der Waals surface area contributed by atoms with Gasteiger partial charge in [-0.3, -0.25) is 0 Å². The summed E-state index contributed by atoms with van der Waals surface area (Å²) in [4.78, 5) is 0. The molecule has 18 heavy (non-hydrogen) atoms. The highest BCUT2D eigenvalue weighted by Crippen LogP contribution is 2.40. The maximum Gasteiger partial charge on any atom is 0.0992 e. The molecule has 0 aliphatic carbocycles. The molecule has 3 unspecified atom stereocenters. The van der Waals surface area contributed by atoms with Crippen LogP contribution in [0.4, 0.5) is 0 Å². The first-order valence-electron chi connectivity index (χ1n) is 6.43. The number of rotatable bonds is 5. The van der Waals surface area contributed by atoms with Crippen molar-refractivity contribution in [2.24, 2.45) is 5.92 Å². The molecule has 0 saturated carbocycles. The molecular formula is C13H19Cl2NOS. The zero-order valence-electron chi connectivity index (χ0n) is 10.7. The van der Waals surface area contributed by atoms with Gasteiger partial charge in [0.25, 0.3) is 0 Å². The van der Waals surface area contributed by atoms with Crippen LogP contribution >= 0.6 is 34.5 Å². The summed E-state index contributed by atoms with van der Waals surface area (Å²) < 4.78 is 7.40. The van der Waals surface area contributed by atoms with E-state index < -0.39 is 0 Å². The van der Waals surface area contributed by atoms with Crippen molar-refractivity contribution in [3.05, 3.63) is 20.3 Å². The fourth-order valence-corrected chi connectivity index (χ4v) is 3.96. The summed E-state index contributed by atoms with van der Waals surface area (Å²) in [7, 11) is 0. The van der Waals surface area contributed by atoms with Crippen LogP contribution < -0.4 is 5.32 Å². The standard InChI is InChI=1S/C13H19Cl2NOS/c1-3-5-16-11(12-8(2)4-6-17-12)9-7-10(14)18-13(9)15/h7-8,11-12,16H,3-6H2,1-2H3. The minimum atomic E-state index is 0.152. The monoisotopic (exact) mass is 307 g/mol. The number of nitrogens with one attached hydrogen (secondary N) is 1. The topological polar surface area (TPSA) is 21.3 Å². The zero-order valence-corrected chi connectivity index (χ0v) is 13.0. The van der Waals surface area contributed by atoms with E-state index in [-0.39, 0.29) is 12.1 Å². The van der Waals surface area contributed by atoms with E-state index in [0.717, 1.165) is 40.2 Å². The van der Waals surface area contributed by atoms with Gasteiger partial charge < -0.3 is 10.1 Å². The minimum absolute atomic E-state index is 0.152. The van der Waals surface area contributed by atoms with E-state index in [0.29, 0.717) is 5.92 Å². The lowest BCUT2D eigenvalue weighted by Gasteiger charge is -2.27. The maximum atomic E-state index is 6.28. The quantitative estimate of drug-likeness (QED) is 0.863. The Hall–Kier alpha value is 0.200.